The molecule has 0 saturated carbocycles. The highest BCUT2D eigenvalue weighted by Gasteiger charge is 2.29. The monoisotopic (exact) mass is 294 g/mol. The number of aliphatic hydroxyl groups is 2. The Morgan fingerprint density at radius 3 is 2.44 bits per heavy atom. The van der Waals surface area contributed by atoms with Crippen molar-refractivity contribution in [2.45, 2.75) is 30.5 Å². The fraction of sp³-hybridized carbons (Fsp3) is 0.600. The van der Waals surface area contributed by atoms with Gasteiger partial charge in [-0.2, -0.15) is 0 Å². The van der Waals surface area contributed by atoms with E-state index in [0.29, 0.717) is 4.24 Å². The Bertz CT molecular complexity index is 344. The standard InChI is InChI=1S/C10H14O6S2/c1-5(15-2)16-7(12)3-6(11)4-8-17-9(13)10(14)18-8/h4-5,9-10,13-14H,3H2,1-2H3. The molecule has 1 heterocycles. The number of carbonyl (C=O) groups excluding carboxylic acids is 2. The summed E-state index contributed by atoms with van der Waals surface area (Å²) in [4.78, 5) is 22.7. The lowest BCUT2D eigenvalue weighted by Gasteiger charge is -2.09. The van der Waals surface area contributed by atoms with E-state index in [1.54, 1.807) is 0 Å². The van der Waals surface area contributed by atoms with Gasteiger partial charge in [-0.15, -0.1) is 0 Å². The summed E-state index contributed by atoms with van der Waals surface area (Å²) in [5.41, 5.74) is -1.90. The fourth-order valence-electron chi connectivity index (χ4n) is 1.05. The van der Waals surface area contributed by atoms with Gasteiger partial charge in [0.1, 0.15) is 17.3 Å². The van der Waals surface area contributed by atoms with E-state index in [1.165, 1.54) is 20.1 Å². The summed E-state index contributed by atoms with van der Waals surface area (Å²) >= 11 is 1.96. The molecule has 3 unspecified atom stereocenters. The third kappa shape index (κ3) is 4.99. The molecule has 18 heavy (non-hydrogen) atoms. The molecule has 0 spiro atoms. The molecule has 1 aliphatic rings. The van der Waals surface area contributed by atoms with Crippen molar-refractivity contribution in [3.8, 4) is 0 Å². The van der Waals surface area contributed by atoms with Crippen LogP contribution in [0, 0.1) is 0 Å². The molecule has 0 bridgehead atoms. The second-order valence-electron chi connectivity index (χ2n) is 3.42. The van der Waals surface area contributed by atoms with Crippen LogP contribution in [-0.4, -0.2) is 46.2 Å². The van der Waals surface area contributed by atoms with E-state index < -0.39 is 35.3 Å². The average molecular weight is 294 g/mol. The van der Waals surface area contributed by atoms with Crippen LogP contribution >= 0.6 is 23.5 Å². The Kier molecular flexibility index (Phi) is 6.16. The van der Waals surface area contributed by atoms with Gasteiger partial charge < -0.3 is 19.7 Å². The highest BCUT2D eigenvalue weighted by molar-refractivity contribution is 8.25. The number of ether oxygens (including phenoxy) is 2. The Labute approximate surface area is 113 Å². The topological polar surface area (TPSA) is 93.1 Å². The van der Waals surface area contributed by atoms with E-state index in [4.69, 9.17) is 9.47 Å². The number of thioether (sulfide) groups is 2. The van der Waals surface area contributed by atoms with E-state index in [1.807, 2.05) is 0 Å². The third-order valence-electron chi connectivity index (χ3n) is 1.94. The lowest BCUT2D eigenvalue weighted by atomic mass is 10.3. The van der Waals surface area contributed by atoms with Crippen molar-refractivity contribution in [3.05, 3.63) is 10.3 Å². The van der Waals surface area contributed by atoms with Gasteiger partial charge in [0, 0.05) is 17.4 Å². The molecule has 102 valence electrons. The van der Waals surface area contributed by atoms with E-state index in [9.17, 15) is 19.8 Å². The zero-order valence-electron chi connectivity index (χ0n) is 9.86. The maximum Gasteiger partial charge on any atom is 0.315 e. The van der Waals surface area contributed by atoms with E-state index >= 15 is 0 Å². The predicted molar refractivity (Wildman–Crippen MR) is 67.5 cm³/mol. The summed E-state index contributed by atoms with van der Waals surface area (Å²) in [6, 6.07) is 0. The molecule has 0 aromatic heterocycles. The maximum atomic E-state index is 11.5. The fourth-order valence-corrected chi connectivity index (χ4v) is 3.30. The van der Waals surface area contributed by atoms with Crippen LogP contribution in [0.15, 0.2) is 10.3 Å². The summed E-state index contributed by atoms with van der Waals surface area (Å²) in [7, 11) is 1.39. The summed E-state index contributed by atoms with van der Waals surface area (Å²) < 4.78 is 9.95. The zero-order valence-corrected chi connectivity index (χ0v) is 11.5. The smallest absolute Gasteiger partial charge is 0.315 e. The van der Waals surface area contributed by atoms with Crippen LogP contribution in [0.4, 0.5) is 0 Å². The van der Waals surface area contributed by atoms with E-state index in [-0.39, 0.29) is 0 Å². The quantitative estimate of drug-likeness (QED) is 0.326. The normalized spacial score (nSPS) is 24.8. The van der Waals surface area contributed by atoms with Gasteiger partial charge in [0.2, 0.25) is 0 Å². The minimum atomic E-state index is -0.950. The molecule has 1 aliphatic heterocycles. The minimum absolute atomic E-state index is 0.398. The van der Waals surface area contributed by atoms with Crippen molar-refractivity contribution < 1.29 is 29.3 Å². The summed E-state index contributed by atoms with van der Waals surface area (Å²) in [5.74, 6) is -1.13. The number of esters is 1. The van der Waals surface area contributed by atoms with E-state index in [0.717, 1.165) is 23.5 Å². The third-order valence-corrected chi connectivity index (χ3v) is 4.39. The number of rotatable bonds is 5. The van der Waals surface area contributed by atoms with Crippen molar-refractivity contribution in [2.75, 3.05) is 7.11 Å². The Morgan fingerprint density at radius 1 is 1.39 bits per heavy atom. The van der Waals surface area contributed by atoms with Crippen LogP contribution in [0.5, 0.6) is 0 Å². The van der Waals surface area contributed by atoms with Gasteiger partial charge in [-0.1, -0.05) is 23.5 Å². The van der Waals surface area contributed by atoms with Crippen LogP contribution < -0.4 is 0 Å². The molecule has 2 N–H and O–H groups in total. The summed E-state index contributed by atoms with van der Waals surface area (Å²) in [5, 5.41) is 18.5. The number of allylic oxidation sites excluding steroid dienone is 1. The molecule has 1 rings (SSSR count). The molecular formula is C10H14O6S2. The first-order chi connectivity index (χ1) is 8.42. The van der Waals surface area contributed by atoms with Gasteiger partial charge >= 0.3 is 5.97 Å². The molecule has 0 aromatic carbocycles. The molecule has 1 saturated heterocycles. The molecule has 1 fully saturated rings. The largest absolute Gasteiger partial charge is 0.436 e. The van der Waals surface area contributed by atoms with Crippen LogP contribution in [-0.2, 0) is 19.1 Å². The predicted octanol–water partition coefficient (Wildman–Crippen LogP) is 0.439. The Hall–Kier alpha value is -0.540. The van der Waals surface area contributed by atoms with Crippen molar-refractivity contribution in [1.29, 1.82) is 0 Å². The van der Waals surface area contributed by atoms with Gasteiger partial charge in [-0.25, -0.2) is 0 Å². The molecule has 6 nitrogen and oxygen atoms in total. The number of carbonyl (C=O) groups is 2. The van der Waals surface area contributed by atoms with Gasteiger partial charge in [0.25, 0.3) is 0 Å². The second kappa shape index (κ2) is 7.15. The van der Waals surface area contributed by atoms with Crippen molar-refractivity contribution >= 4 is 35.3 Å². The Balaban J connectivity index is 2.42. The molecule has 0 aliphatic carbocycles. The minimum Gasteiger partial charge on any atom is -0.436 e. The summed E-state index contributed by atoms with van der Waals surface area (Å²) in [6.07, 6.45) is 0.120. The number of hydrogen-bond donors (Lipinski definition) is 2. The lowest BCUT2D eigenvalue weighted by molar-refractivity contribution is -0.170. The number of ketones is 1. The lowest BCUT2D eigenvalue weighted by Crippen LogP contribution is -2.18. The second-order valence-corrected chi connectivity index (χ2v) is 5.99. The molecule has 3 atom stereocenters. The van der Waals surface area contributed by atoms with Crippen molar-refractivity contribution in [1.82, 2.24) is 0 Å². The van der Waals surface area contributed by atoms with Crippen LogP contribution in [0.25, 0.3) is 0 Å². The number of methoxy groups -OCH3 is 1. The van der Waals surface area contributed by atoms with Crippen LogP contribution in [0.3, 0.4) is 0 Å². The molecule has 0 amide bonds. The number of hydrogen-bond acceptors (Lipinski definition) is 8. The summed E-state index contributed by atoms with van der Waals surface area (Å²) in [6.45, 7) is 1.54. The molecule has 0 aromatic rings. The first-order valence-electron chi connectivity index (χ1n) is 5.08. The van der Waals surface area contributed by atoms with Gasteiger partial charge in [0.15, 0.2) is 12.1 Å². The van der Waals surface area contributed by atoms with Gasteiger partial charge in [-0.05, 0) is 6.92 Å². The highest BCUT2D eigenvalue weighted by Crippen LogP contribution is 2.44. The maximum absolute atomic E-state index is 11.5. The highest BCUT2D eigenvalue weighted by atomic mass is 32.2. The van der Waals surface area contributed by atoms with Crippen molar-refractivity contribution in [2.24, 2.45) is 0 Å². The molecule has 8 heteroatoms. The van der Waals surface area contributed by atoms with Gasteiger partial charge in [-0.3, -0.25) is 9.59 Å². The van der Waals surface area contributed by atoms with Crippen LogP contribution in [0.1, 0.15) is 13.3 Å². The van der Waals surface area contributed by atoms with Gasteiger partial charge in [0.05, 0.1) is 0 Å². The molecular weight excluding hydrogens is 280 g/mol. The first kappa shape index (κ1) is 15.5. The van der Waals surface area contributed by atoms with Crippen molar-refractivity contribution in [3.63, 3.8) is 0 Å². The SMILES string of the molecule is COC(C)OC(=O)CC(=O)C=C1SC(O)C(O)S1. The average Bonchev–Trinajstić information content (AvgIpc) is 2.56. The molecule has 0 radical (unpaired) electrons. The zero-order chi connectivity index (χ0) is 13.7. The number of aliphatic hydroxyl groups excluding tert-OH is 2. The first-order valence-corrected chi connectivity index (χ1v) is 6.84. The van der Waals surface area contributed by atoms with E-state index in [2.05, 4.69) is 0 Å². The van der Waals surface area contributed by atoms with Crippen LogP contribution in [0.2, 0.25) is 0 Å². The Morgan fingerprint density at radius 2 is 1.94 bits per heavy atom.